The van der Waals surface area contributed by atoms with E-state index in [9.17, 15) is 19.2 Å². The fourth-order valence-corrected chi connectivity index (χ4v) is 8.52. The Balaban J connectivity index is 1.40. The van der Waals surface area contributed by atoms with Crippen LogP contribution in [0, 0.1) is 0 Å². The molecule has 0 spiro atoms. The SMILES string of the molecule is CCCCCCCCOc1ccc(C(=O)Oc2cc(OC(=O)c3ccc(OCCCCCCCC)cc3)c(OC(=O)c3ccc(OCCCCCCCC)cc3)cc2OC(=O)c2ccc(OCCCCCCCC)cc2)cc1. The van der Waals surface area contributed by atoms with Crippen molar-refractivity contribution in [1.29, 1.82) is 0 Å². The Labute approximate surface area is 464 Å². The van der Waals surface area contributed by atoms with Crippen LogP contribution in [-0.2, 0) is 0 Å². The second-order valence-corrected chi connectivity index (χ2v) is 19.9. The Bertz CT molecular complexity index is 2140. The molecule has 0 atom stereocenters. The fourth-order valence-electron chi connectivity index (χ4n) is 8.52. The maximum atomic E-state index is 13.9. The number of carbonyl (C=O) groups is 4. The van der Waals surface area contributed by atoms with E-state index in [0.717, 1.165) is 77.0 Å². The highest BCUT2D eigenvalue weighted by atomic mass is 16.6. The standard InChI is InChI=1S/C66H86O12/c1-5-9-13-17-21-25-45-71-55-37-29-51(30-38-55)63(67)75-59-49-61(77-65(69)53-33-41-57(42-34-53)73-47-27-23-19-15-11-7-3)62(78-66(70)54-35-43-58(44-36-54)74-48-28-24-20-16-12-8-4)50-60(59)76-64(68)52-31-39-56(40-32-52)72-46-26-22-18-14-10-6-2/h29-44,49-50H,5-28,45-48H2,1-4H3. The first-order chi connectivity index (χ1) is 38.2. The first kappa shape index (κ1) is 62.0. The van der Waals surface area contributed by atoms with Crippen molar-refractivity contribution in [3.63, 3.8) is 0 Å². The zero-order valence-corrected chi connectivity index (χ0v) is 47.1. The van der Waals surface area contributed by atoms with E-state index in [1.165, 1.54) is 89.2 Å². The van der Waals surface area contributed by atoms with Gasteiger partial charge < -0.3 is 37.9 Å². The summed E-state index contributed by atoms with van der Waals surface area (Å²) in [5, 5.41) is 0. The smallest absolute Gasteiger partial charge is 0.343 e. The average molecular weight is 1070 g/mol. The number of esters is 4. The number of benzene rings is 5. The van der Waals surface area contributed by atoms with Gasteiger partial charge in [0.05, 0.1) is 48.7 Å². The summed E-state index contributed by atoms with van der Waals surface area (Å²) in [6, 6.07) is 28.4. The van der Waals surface area contributed by atoms with Gasteiger partial charge in [-0.15, -0.1) is 0 Å². The highest BCUT2D eigenvalue weighted by molar-refractivity contribution is 5.96. The molecule has 0 aliphatic carbocycles. The molecule has 0 aliphatic rings. The lowest BCUT2D eigenvalue weighted by Crippen LogP contribution is -2.16. The van der Waals surface area contributed by atoms with Crippen molar-refractivity contribution in [1.82, 2.24) is 0 Å². The predicted octanol–water partition coefficient (Wildman–Crippen LogP) is 17.5. The van der Waals surface area contributed by atoms with Gasteiger partial charge in [0.1, 0.15) is 23.0 Å². The number of ether oxygens (including phenoxy) is 8. The Morgan fingerprint density at radius 3 is 0.628 bits per heavy atom. The third-order valence-corrected chi connectivity index (χ3v) is 13.2. The van der Waals surface area contributed by atoms with E-state index >= 15 is 0 Å². The Morgan fingerprint density at radius 2 is 0.436 bits per heavy atom. The predicted molar refractivity (Wildman–Crippen MR) is 308 cm³/mol. The van der Waals surface area contributed by atoms with Gasteiger partial charge in [-0.25, -0.2) is 19.2 Å². The van der Waals surface area contributed by atoms with Crippen LogP contribution in [-0.4, -0.2) is 50.3 Å². The van der Waals surface area contributed by atoms with Crippen molar-refractivity contribution in [2.45, 2.75) is 182 Å². The molecule has 0 fully saturated rings. The van der Waals surface area contributed by atoms with E-state index in [4.69, 9.17) is 37.9 Å². The summed E-state index contributed by atoms with van der Waals surface area (Å²) in [5.74, 6) is -1.98. The van der Waals surface area contributed by atoms with E-state index in [1.54, 1.807) is 97.1 Å². The largest absolute Gasteiger partial charge is 0.494 e. The number of rotatable bonds is 40. The van der Waals surface area contributed by atoms with Gasteiger partial charge in [-0.05, 0) is 123 Å². The van der Waals surface area contributed by atoms with Crippen LogP contribution in [0.4, 0.5) is 0 Å². The zero-order chi connectivity index (χ0) is 55.4. The van der Waals surface area contributed by atoms with E-state index < -0.39 is 23.9 Å². The van der Waals surface area contributed by atoms with E-state index in [0.29, 0.717) is 49.4 Å². The van der Waals surface area contributed by atoms with Crippen LogP contribution in [0.15, 0.2) is 109 Å². The molecule has 0 saturated carbocycles. The second-order valence-electron chi connectivity index (χ2n) is 19.9. The van der Waals surface area contributed by atoms with Crippen LogP contribution >= 0.6 is 0 Å². The topological polar surface area (TPSA) is 142 Å². The van der Waals surface area contributed by atoms with Gasteiger partial charge in [0.2, 0.25) is 0 Å². The highest BCUT2D eigenvalue weighted by Crippen LogP contribution is 2.42. The second kappa shape index (κ2) is 37.1. The zero-order valence-electron chi connectivity index (χ0n) is 47.1. The van der Waals surface area contributed by atoms with Crippen LogP contribution in [0.5, 0.6) is 46.0 Å². The van der Waals surface area contributed by atoms with Crippen LogP contribution in [0.3, 0.4) is 0 Å². The number of hydrogen-bond donors (Lipinski definition) is 0. The fraction of sp³-hybridized carbons (Fsp3) is 0.485. The highest BCUT2D eigenvalue weighted by Gasteiger charge is 2.25. The molecule has 5 aromatic carbocycles. The normalized spacial score (nSPS) is 10.9. The van der Waals surface area contributed by atoms with Gasteiger partial charge in [-0.3, -0.25) is 0 Å². The Morgan fingerprint density at radius 1 is 0.256 bits per heavy atom. The van der Waals surface area contributed by atoms with E-state index in [-0.39, 0.29) is 45.3 Å². The van der Waals surface area contributed by atoms with Crippen LogP contribution in [0.1, 0.15) is 223 Å². The molecular formula is C66H86O12. The molecular weight excluding hydrogens is 985 g/mol. The maximum Gasteiger partial charge on any atom is 0.343 e. The van der Waals surface area contributed by atoms with Gasteiger partial charge in [0.25, 0.3) is 0 Å². The molecule has 0 radical (unpaired) electrons. The summed E-state index contributed by atoms with van der Waals surface area (Å²) in [7, 11) is 0. The molecule has 5 rings (SSSR count). The van der Waals surface area contributed by atoms with E-state index in [2.05, 4.69) is 27.7 Å². The minimum Gasteiger partial charge on any atom is -0.494 e. The first-order valence-electron chi connectivity index (χ1n) is 29.2. The molecule has 0 N–H and O–H groups in total. The first-order valence-corrected chi connectivity index (χ1v) is 29.2. The van der Waals surface area contributed by atoms with Crippen LogP contribution < -0.4 is 37.9 Å². The number of hydrogen-bond acceptors (Lipinski definition) is 12. The van der Waals surface area contributed by atoms with Crippen molar-refractivity contribution in [2.75, 3.05) is 26.4 Å². The molecule has 78 heavy (non-hydrogen) atoms. The molecule has 12 nitrogen and oxygen atoms in total. The van der Waals surface area contributed by atoms with Crippen LogP contribution in [0.2, 0.25) is 0 Å². The minimum atomic E-state index is -0.806. The maximum absolute atomic E-state index is 13.9. The third kappa shape index (κ3) is 23.4. The lowest BCUT2D eigenvalue weighted by atomic mass is 10.1. The van der Waals surface area contributed by atoms with Gasteiger partial charge in [0, 0.05) is 12.1 Å². The lowest BCUT2D eigenvalue weighted by Gasteiger charge is -2.16. The van der Waals surface area contributed by atoms with Gasteiger partial charge >= 0.3 is 23.9 Å². The lowest BCUT2D eigenvalue weighted by molar-refractivity contribution is 0.0662. The molecule has 0 amide bonds. The van der Waals surface area contributed by atoms with Crippen molar-refractivity contribution in [2.24, 2.45) is 0 Å². The monoisotopic (exact) mass is 1070 g/mol. The summed E-state index contributed by atoms with van der Waals surface area (Å²) in [5.41, 5.74) is 0.678. The summed E-state index contributed by atoms with van der Waals surface area (Å²) in [6.45, 7) is 11.0. The van der Waals surface area contributed by atoms with Gasteiger partial charge in [0.15, 0.2) is 23.0 Å². The van der Waals surface area contributed by atoms with Gasteiger partial charge in [-0.1, -0.05) is 156 Å². The Hall–Kier alpha value is -6.82. The average Bonchev–Trinajstić information content (AvgIpc) is 3.45. The minimum absolute atomic E-state index is 0.169. The molecule has 0 aromatic heterocycles. The van der Waals surface area contributed by atoms with Crippen molar-refractivity contribution < 1.29 is 57.1 Å². The summed E-state index contributed by atoms with van der Waals surface area (Å²) in [6.07, 6.45) is 27.1. The molecule has 0 heterocycles. The third-order valence-electron chi connectivity index (χ3n) is 13.2. The van der Waals surface area contributed by atoms with Crippen molar-refractivity contribution >= 4 is 23.9 Å². The molecule has 0 bridgehead atoms. The Kier molecular flexibility index (Phi) is 29.5. The van der Waals surface area contributed by atoms with Crippen molar-refractivity contribution in [3.8, 4) is 46.0 Å². The number of unbranched alkanes of at least 4 members (excludes halogenated alkanes) is 20. The van der Waals surface area contributed by atoms with Crippen LogP contribution in [0.25, 0.3) is 0 Å². The quantitative estimate of drug-likeness (QED) is 0.0209. The molecule has 0 aliphatic heterocycles. The molecule has 422 valence electrons. The summed E-state index contributed by atoms with van der Waals surface area (Å²) in [4.78, 5) is 55.8. The molecule has 12 heteroatoms. The molecule has 5 aromatic rings. The summed E-state index contributed by atoms with van der Waals surface area (Å²) >= 11 is 0. The molecule has 0 saturated heterocycles. The van der Waals surface area contributed by atoms with E-state index in [1.807, 2.05) is 0 Å². The summed E-state index contributed by atoms with van der Waals surface area (Å²) < 4.78 is 47.6. The van der Waals surface area contributed by atoms with Crippen molar-refractivity contribution in [3.05, 3.63) is 131 Å². The van der Waals surface area contributed by atoms with Gasteiger partial charge in [-0.2, -0.15) is 0 Å². The molecule has 0 unspecified atom stereocenters. The number of carbonyl (C=O) groups excluding carboxylic acids is 4.